The van der Waals surface area contributed by atoms with Crippen LogP contribution in [0.3, 0.4) is 0 Å². The van der Waals surface area contributed by atoms with E-state index in [1.165, 1.54) is 5.56 Å². The first-order valence-corrected chi connectivity index (χ1v) is 6.47. The van der Waals surface area contributed by atoms with Gasteiger partial charge in [-0.2, -0.15) is 0 Å². The molecule has 0 fully saturated rings. The van der Waals surface area contributed by atoms with E-state index in [0.29, 0.717) is 0 Å². The predicted octanol–water partition coefficient (Wildman–Crippen LogP) is 3.15. The third kappa shape index (κ3) is 2.37. The highest BCUT2D eigenvalue weighted by atomic mass is 32.1. The van der Waals surface area contributed by atoms with Gasteiger partial charge in [-0.15, -0.1) is 11.3 Å². The molecule has 2 N–H and O–H groups in total. The first-order valence-electron chi connectivity index (χ1n) is 5.65. The van der Waals surface area contributed by atoms with E-state index in [2.05, 4.69) is 23.0 Å². The fourth-order valence-corrected chi connectivity index (χ4v) is 2.95. The Morgan fingerprint density at radius 1 is 1.29 bits per heavy atom. The zero-order chi connectivity index (χ0) is 12.6. The Labute approximate surface area is 106 Å². The smallest absolute Gasteiger partial charge is 0.142 e. The van der Waals surface area contributed by atoms with Gasteiger partial charge in [-0.1, -0.05) is 6.07 Å². The Bertz CT molecular complexity index is 544. The van der Waals surface area contributed by atoms with Crippen LogP contribution in [0.4, 0.5) is 0 Å². The minimum atomic E-state index is 0.0343. The van der Waals surface area contributed by atoms with Gasteiger partial charge in [0.2, 0.25) is 0 Å². The zero-order valence-electron chi connectivity index (χ0n) is 10.6. The second kappa shape index (κ2) is 4.55. The number of aromatic nitrogens is 2. The molecule has 0 aliphatic rings. The fourth-order valence-electron chi connectivity index (χ4n) is 1.87. The summed E-state index contributed by atoms with van der Waals surface area (Å²) in [5.41, 5.74) is 10.2. The molecule has 1 unspecified atom stereocenters. The van der Waals surface area contributed by atoms with E-state index >= 15 is 0 Å². The number of thiazole rings is 1. The van der Waals surface area contributed by atoms with Crippen molar-refractivity contribution in [3.63, 3.8) is 0 Å². The minimum Gasteiger partial charge on any atom is -0.323 e. The van der Waals surface area contributed by atoms with Gasteiger partial charge >= 0.3 is 0 Å². The highest BCUT2D eigenvalue weighted by molar-refractivity contribution is 7.15. The van der Waals surface area contributed by atoms with E-state index in [0.717, 1.165) is 26.8 Å². The Hall–Kier alpha value is -1.26. The maximum Gasteiger partial charge on any atom is 0.142 e. The molecule has 2 aromatic heterocycles. The summed E-state index contributed by atoms with van der Waals surface area (Å²) in [7, 11) is 0. The third-order valence-electron chi connectivity index (χ3n) is 2.66. The van der Waals surface area contributed by atoms with Crippen molar-refractivity contribution in [2.75, 3.05) is 0 Å². The van der Waals surface area contributed by atoms with Gasteiger partial charge in [0.15, 0.2) is 0 Å². The lowest BCUT2D eigenvalue weighted by Crippen LogP contribution is -2.03. The molecule has 2 aromatic rings. The molecule has 90 valence electrons. The number of rotatable bonds is 2. The van der Waals surface area contributed by atoms with Crippen LogP contribution in [-0.2, 0) is 0 Å². The van der Waals surface area contributed by atoms with Crippen molar-refractivity contribution in [1.82, 2.24) is 9.97 Å². The van der Waals surface area contributed by atoms with Crippen molar-refractivity contribution < 1.29 is 0 Å². The van der Waals surface area contributed by atoms with Gasteiger partial charge < -0.3 is 5.73 Å². The van der Waals surface area contributed by atoms with Gasteiger partial charge in [0.05, 0.1) is 5.69 Å². The standard InChI is InChI=1S/C13H17N3S/c1-7-5-8(2)11(15-6-7)13-16-10(4)12(17-13)9(3)14/h5-6,9H,14H2,1-4H3. The van der Waals surface area contributed by atoms with E-state index < -0.39 is 0 Å². The number of hydrogen-bond acceptors (Lipinski definition) is 4. The molecule has 0 aliphatic heterocycles. The van der Waals surface area contributed by atoms with Crippen molar-refractivity contribution in [2.45, 2.75) is 33.7 Å². The Balaban J connectivity index is 2.50. The Morgan fingerprint density at radius 3 is 2.53 bits per heavy atom. The number of nitrogens with zero attached hydrogens (tertiary/aromatic N) is 2. The molecule has 0 aromatic carbocycles. The van der Waals surface area contributed by atoms with Gasteiger partial charge in [0, 0.05) is 17.1 Å². The summed E-state index contributed by atoms with van der Waals surface area (Å²) >= 11 is 1.64. The average Bonchev–Trinajstić information content (AvgIpc) is 2.60. The summed E-state index contributed by atoms with van der Waals surface area (Å²) in [5.74, 6) is 0. The largest absolute Gasteiger partial charge is 0.323 e. The highest BCUT2D eigenvalue weighted by Gasteiger charge is 2.14. The van der Waals surface area contributed by atoms with E-state index in [4.69, 9.17) is 5.73 Å². The third-order valence-corrected chi connectivity index (χ3v) is 4.03. The topological polar surface area (TPSA) is 51.8 Å². The van der Waals surface area contributed by atoms with Crippen LogP contribution in [0.2, 0.25) is 0 Å². The van der Waals surface area contributed by atoms with E-state index in [-0.39, 0.29) is 6.04 Å². The van der Waals surface area contributed by atoms with Crippen LogP contribution in [0.25, 0.3) is 10.7 Å². The first kappa shape index (κ1) is 12.2. The van der Waals surface area contributed by atoms with Crippen molar-refractivity contribution in [2.24, 2.45) is 5.73 Å². The number of nitrogens with two attached hydrogens (primary N) is 1. The van der Waals surface area contributed by atoms with Crippen LogP contribution < -0.4 is 5.73 Å². The van der Waals surface area contributed by atoms with Gasteiger partial charge in [-0.05, 0) is 38.8 Å². The van der Waals surface area contributed by atoms with Crippen molar-refractivity contribution in [1.29, 1.82) is 0 Å². The highest BCUT2D eigenvalue weighted by Crippen LogP contribution is 2.31. The maximum absolute atomic E-state index is 5.92. The lowest BCUT2D eigenvalue weighted by molar-refractivity contribution is 0.825. The molecular weight excluding hydrogens is 230 g/mol. The van der Waals surface area contributed by atoms with Crippen molar-refractivity contribution in [3.05, 3.63) is 34.0 Å². The van der Waals surface area contributed by atoms with Gasteiger partial charge in [0.1, 0.15) is 10.7 Å². The first-order chi connectivity index (χ1) is 7.99. The molecule has 0 radical (unpaired) electrons. The monoisotopic (exact) mass is 247 g/mol. The molecule has 0 aliphatic carbocycles. The minimum absolute atomic E-state index is 0.0343. The van der Waals surface area contributed by atoms with Gasteiger partial charge in [0.25, 0.3) is 0 Å². The normalized spacial score (nSPS) is 12.8. The van der Waals surface area contributed by atoms with Crippen molar-refractivity contribution in [3.8, 4) is 10.7 Å². The number of pyridine rings is 1. The number of hydrogen-bond donors (Lipinski definition) is 1. The molecule has 0 saturated carbocycles. The summed E-state index contributed by atoms with van der Waals surface area (Å²) in [6, 6.07) is 2.16. The van der Waals surface area contributed by atoms with Crippen LogP contribution in [-0.4, -0.2) is 9.97 Å². The molecule has 4 heteroatoms. The molecule has 0 spiro atoms. The Morgan fingerprint density at radius 2 is 2.00 bits per heavy atom. The van der Waals surface area contributed by atoms with Gasteiger partial charge in [-0.25, -0.2) is 4.98 Å². The average molecular weight is 247 g/mol. The molecule has 2 rings (SSSR count). The second-order valence-electron chi connectivity index (χ2n) is 4.44. The molecule has 17 heavy (non-hydrogen) atoms. The SMILES string of the molecule is Cc1cnc(-c2nc(C)c(C(C)N)s2)c(C)c1. The predicted molar refractivity (Wildman–Crippen MR) is 72.2 cm³/mol. The Kier molecular flexibility index (Phi) is 3.26. The molecule has 2 heterocycles. The number of aryl methyl sites for hydroxylation is 3. The molecular formula is C13H17N3S. The second-order valence-corrected chi connectivity index (χ2v) is 5.47. The lowest BCUT2D eigenvalue weighted by atomic mass is 10.2. The van der Waals surface area contributed by atoms with Crippen LogP contribution in [0.15, 0.2) is 12.3 Å². The van der Waals surface area contributed by atoms with Crippen LogP contribution in [0.1, 0.15) is 34.7 Å². The van der Waals surface area contributed by atoms with E-state index in [9.17, 15) is 0 Å². The van der Waals surface area contributed by atoms with Gasteiger partial charge in [-0.3, -0.25) is 4.98 Å². The van der Waals surface area contributed by atoms with Crippen molar-refractivity contribution >= 4 is 11.3 Å². The quantitative estimate of drug-likeness (QED) is 0.887. The van der Waals surface area contributed by atoms with Crippen LogP contribution in [0, 0.1) is 20.8 Å². The fraction of sp³-hybridized carbons (Fsp3) is 0.385. The molecule has 1 atom stereocenters. The molecule has 0 bridgehead atoms. The summed E-state index contributed by atoms with van der Waals surface area (Å²) < 4.78 is 0. The molecule has 0 saturated heterocycles. The van der Waals surface area contributed by atoms with E-state index in [1.807, 2.05) is 27.0 Å². The lowest BCUT2D eigenvalue weighted by Gasteiger charge is -2.02. The van der Waals surface area contributed by atoms with Crippen LogP contribution >= 0.6 is 11.3 Å². The molecule has 0 amide bonds. The summed E-state index contributed by atoms with van der Waals surface area (Å²) in [4.78, 5) is 10.2. The zero-order valence-corrected chi connectivity index (χ0v) is 11.4. The summed E-state index contributed by atoms with van der Waals surface area (Å²) in [6.45, 7) is 8.10. The molecule has 3 nitrogen and oxygen atoms in total. The summed E-state index contributed by atoms with van der Waals surface area (Å²) in [6.07, 6.45) is 1.88. The van der Waals surface area contributed by atoms with Crippen LogP contribution in [0.5, 0.6) is 0 Å². The van der Waals surface area contributed by atoms with E-state index in [1.54, 1.807) is 11.3 Å². The maximum atomic E-state index is 5.92. The summed E-state index contributed by atoms with van der Waals surface area (Å²) in [5, 5.41) is 0.965.